The molecule has 0 saturated heterocycles. The lowest BCUT2D eigenvalue weighted by Crippen LogP contribution is -2.16. The van der Waals surface area contributed by atoms with E-state index in [1.54, 1.807) is 24.4 Å². The molecule has 0 atom stereocenters. The molecule has 0 fully saturated rings. The van der Waals surface area contributed by atoms with Crippen molar-refractivity contribution in [2.24, 2.45) is 0 Å². The van der Waals surface area contributed by atoms with E-state index in [2.05, 4.69) is 9.71 Å². The zero-order valence-electron chi connectivity index (χ0n) is 13.9. The van der Waals surface area contributed by atoms with Crippen LogP contribution in [0.25, 0.3) is 10.9 Å². The standard InChI is InChI=1S/C19H20N2O2S/c1-13(2)16-10-4-7-14(3)18(16)21-24(22,23)17-11-5-8-15-9-6-12-20-19(15)17/h4-13,21H,1-3H3. The number of fused-ring (bicyclic) bond motifs is 1. The molecule has 2 aromatic carbocycles. The molecule has 1 aromatic heterocycles. The molecule has 3 rings (SSSR count). The third-order valence-corrected chi connectivity index (χ3v) is 5.43. The third-order valence-electron chi connectivity index (χ3n) is 4.05. The van der Waals surface area contributed by atoms with Gasteiger partial charge in [-0.3, -0.25) is 9.71 Å². The number of nitrogens with one attached hydrogen (secondary N) is 1. The van der Waals surface area contributed by atoms with Crippen molar-refractivity contribution in [1.82, 2.24) is 4.98 Å². The van der Waals surface area contributed by atoms with Crippen molar-refractivity contribution in [3.63, 3.8) is 0 Å². The Labute approximate surface area is 142 Å². The van der Waals surface area contributed by atoms with Gasteiger partial charge in [0.25, 0.3) is 10.0 Å². The number of para-hydroxylation sites is 2. The lowest BCUT2D eigenvalue weighted by Gasteiger charge is -2.18. The number of pyridine rings is 1. The summed E-state index contributed by atoms with van der Waals surface area (Å²) < 4.78 is 28.8. The Morgan fingerprint density at radius 3 is 2.46 bits per heavy atom. The normalized spacial score (nSPS) is 11.8. The van der Waals surface area contributed by atoms with Gasteiger partial charge >= 0.3 is 0 Å². The van der Waals surface area contributed by atoms with Crippen LogP contribution in [0.15, 0.2) is 59.6 Å². The molecule has 0 radical (unpaired) electrons. The maximum absolute atomic E-state index is 13.0. The lowest BCUT2D eigenvalue weighted by molar-refractivity contribution is 0.601. The maximum atomic E-state index is 13.0. The van der Waals surface area contributed by atoms with Gasteiger partial charge in [0.15, 0.2) is 0 Å². The van der Waals surface area contributed by atoms with Crippen LogP contribution in [-0.4, -0.2) is 13.4 Å². The number of aromatic nitrogens is 1. The van der Waals surface area contributed by atoms with Crippen molar-refractivity contribution >= 4 is 26.6 Å². The predicted molar refractivity (Wildman–Crippen MR) is 97.8 cm³/mol. The van der Waals surface area contributed by atoms with Gasteiger partial charge in [0.1, 0.15) is 4.90 Å². The van der Waals surface area contributed by atoms with E-state index in [0.717, 1.165) is 16.5 Å². The molecule has 24 heavy (non-hydrogen) atoms. The molecular formula is C19H20N2O2S. The first-order chi connectivity index (χ1) is 11.4. The fourth-order valence-corrected chi connectivity index (χ4v) is 4.13. The van der Waals surface area contributed by atoms with Crippen LogP contribution in [0.4, 0.5) is 5.69 Å². The summed E-state index contributed by atoms with van der Waals surface area (Å²) in [4.78, 5) is 4.44. The van der Waals surface area contributed by atoms with E-state index < -0.39 is 10.0 Å². The number of benzene rings is 2. The summed E-state index contributed by atoms with van der Waals surface area (Å²) >= 11 is 0. The summed E-state index contributed by atoms with van der Waals surface area (Å²) in [6, 6.07) is 14.6. The molecule has 0 spiro atoms. The molecule has 3 aromatic rings. The van der Waals surface area contributed by atoms with Crippen molar-refractivity contribution in [3.05, 3.63) is 65.9 Å². The Morgan fingerprint density at radius 2 is 1.71 bits per heavy atom. The fraction of sp³-hybridized carbons (Fsp3) is 0.211. The quantitative estimate of drug-likeness (QED) is 0.762. The van der Waals surface area contributed by atoms with Crippen LogP contribution in [0, 0.1) is 6.92 Å². The van der Waals surface area contributed by atoms with E-state index in [9.17, 15) is 8.42 Å². The Hall–Kier alpha value is -2.40. The first kappa shape index (κ1) is 16.5. The summed E-state index contributed by atoms with van der Waals surface area (Å²) in [6.45, 7) is 6.00. The highest BCUT2D eigenvalue weighted by Gasteiger charge is 2.21. The minimum absolute atomic E-state index is 0.193. The van der Waals surface area contributed by atoms with E-state index in [4.69, 9.17) is 0 Å². The number of sulfonamides is 1. The van der Waals surface area contributed by atoms with Crippen molar-refractivity contribution in [3.8, 4) is 0 Å². The number of hydrogen-bond donors (Lipinski definition) is 1. The van der Waals surface area contributed by atoms with Gasteiger partial charge in [-0.2, -0.15) is 0 Å². The number of nitrogens with zero attached hydrogens (tertiary/aromatic N) is 1. The van der Waals surface area contributed by atoms with Crippen LogP contribution >= 0.6 is 0 Å². The second-order valence-electron chi connectivity index (χ2n) is 6.13. The average molecular weight is 340 g/mol. The molecule has 0 unspecified atom stereocenters. The zero-order chi connectivity index (χ0) is 17.3. The fourth-order valence-electron chi connectivity index (χ4n) is 2.79. The molecular weight excluding hydrogens is 320 g/mol. The molecule has 124 valence electrons. The first-order valence-electron chi connectivity index (χ1n) is 7.86. The van der Waals surface area contributed by atoms with Crippen LogP contribution in [0.1, 0.15) is 30.9 Å². The minimum Gasteiger partial charge on any atom is -0.279 e. The minimum atomic E-state index is -3.73. The highest BCUT2D eigenvalue weighted by molar-refractivity contribution is 7.93. The van der Waals surface area contributed by atoms with Crippen molar-refractivity contribution < 1.29 is 8.42 Å². The molecule has 0 aliphatic heterocycles. The molecule has 4 nitrogen and oxygen atoms in total. The number of rotatable bonds is 4. The van der Waals surface area contributed by atoms with E-state index in [-0.39, 0.29) is 10.8 Å². The molecule has 5 heteroatoms. The van der Waals surface area contributed by atoms with E-state index >= 15 is 0 Å². The van der Waals surface area contributed by atoms with Crippen LogP contribution in [-0.2, 0) is 10.0 Å². The summed E-state index contributed by atoms with van der Waals surface area (Å²) in [7, 11) is -3.73. The second-order valence-corrected chi connectivity index (χ2v) is 7.78. The molecule has 0 aliphatic carbocycles. The third kappa shape index (κ3) is 2.99. The monoisotopic (exact) mass is 340 g/mol. The van der Waals surface area contributed by atoms with Gasteiger partial charge in [-0.05, 0) is 36.1 Å². The SMILES string of the molecule is Cc1cccc(C(C)C)c1NS(=O)(=O)c1cccc2cccnc12. The highest BCUT2D eigenvalue weighted by atomic mass is 32.2. The Kier molecular flexibility index (Phi) is 4.28. The lowest BCUT2D eigenvalue weighted by atomic mass is 9.99. The molecule has 1 heterocycles. The zero-order valence-corrected chi connectivity index (χ0v) is 14.8. The van der Waals surface area contributed by atoms with Gasteiger partial charge in [0, 0.05) is 11.6 Å². The van der Waals surface area contributed by atoms with E-state index in [1.165, 1.54) is 0 Å². The topological polar surface area (TPSA) is 59.1 Å². The second kappa shape index (κ2) is 6.24. The van der Waals surface area contributed by atoms with Crippen LogP contribution in [0.3, 0.4) is 0 Å². The maximum Gasteiger partial charge on any atom is 0.264 e. The number of anilines is 1. The van der Waals surface area contributed by atoms with Crippen molar-refractivity contribution in [2.75, 3.05) is 4.72 Å². The number of hydrogen-bond acceptors (Lipinski definition) is 3. The Balaban J connectivity index is 2.13. The average Bonchev–Trinajstić information content (AvgIpc) is 2.55. The van der Waals surface area contributed by atoms with Gasteiger partial charge in [0.2, 0.25) is 0 Å². The van der Waals surface area contributed by atoms with Gasteiger partial charge in [-0.15, -0.1) is 0 Å². The van der Waals surface area contributed by atoms with Crippen LogP contribution in [0.2, 0.25) is 0 Å². The summed E-state index contributed by atoms with van der Waals surface area (Å²) in [5, 5.41) is 0.800. The van der Waals surface area contributed by atoms with E-state index in [0.29, 0.717) is 11.2 Å². The first-order valence-corrected chi connectivity index (χ1v) is 9.34. The van der Waals surface area contributed by atoms with Gasteiger partial charge < -0.3 is 0 Å². The number of aryl methyl sites for hydroxylation is 1. The Bertz CT molecular complexity index is 990. The largest absolute Gasteiger partial charge is 0.279 e. The highest BCUT2D eigenvalue weighted by Crippen LogP contribution is 2.30. The summed E-state index contributed by atoms with van der Waals surface area (Å²) in [5.74, 6) is 0.216. The summed E-state index contributed by atoms with van der Waals surface area (Å²) in [5.41, 5.74) is 3.01. The van der Waals surface area contributed by atoms with Crippen molar-refractivity contribution in [1.29, 1.82) is 0 Å². The smallest absolute Gasteiger partial charge is 0.264 e. The molecule has 0 aliphatic rings. The van der Waals surface area contributed by atoms with Crippen molar-refractivity contribution in [2.45, 2.75) is 31.6 Å². The van der Waals surface area contributed by atoms with Crippen LogP contribution in [0.5, 0.6) is 0 Å². The summed E-state index contributed by atoms with van der Waals surface area (Å²) in [6.07, 6.45) is 1.61. The molecule has 0 saturated carbocycles. The van der Waals surface area contributed by atoms with E-state index in [1.807, 2.05) is 51.1 Å². The van der Waals surface area contributed by atoms with Gasteiger partial charge in [0.05, 0.1) is 11.2 Å². The molecule has 1 N–H and O–H groups in total. The van der Waals surface area contributed by atoms with Crippen LogP contribution < -0.4 is 4.72 Å². The predicted octanol–water partition coefficient (Wildman–Crippen LogP) is 4.47. The van der Waals surface area contributed by atoms with Gasteiger partial charge in [-0.1, -0.05) is 50.2 Å². The van der Waals surface area contributed by atoms with Gasteiger partial charge in [-0.25, -0.2) is 8.42 Å². The molecule has 0 bridgehead atoms. The Morgan fingerprint density at radius 1 is 1.00 bits per heavy atom. The molecule has 0 amide bonds.